The van der Waals surface area contributed by atoms with Gasteiger partial charge >= 0.3 is 5.97 Å². The van der Waals surface area contributed by atoms with Crippen LogP contribution in [-0.2, 0) is 0 Å². The van der Waals surface area contributed by atoms with Crippen LogP contribution in [0.2, 0.25) is 0 Å². The summed E-state index contributed by atoms with van der Waals surface area (Å²) in [4.78, 5) is 22.6. The molecule has 0 aromatic heterocycles. The first kappa shape index (κ1) is 12.7. The van der Waals surface area contributed by atoms with E-state index in [0.717, 1.165) is 6.07 Å². The Balaban J connectivity index is 3.37. The highest BCUT2D eigenvalue weighted by Gasteiger charge is 2.19. The monoisotopic (exact) mass is 236 g/mol. The summed E-state index contributed by atoms with van der Waals surface area (Å²) in [5, 5.41) is 19.7. The second-order valence-corrected chi connectivity index (χ2v) is 3.64. The Labute approximate surface area is 97.9 Å². The van der Waals surface area contributed by atoms with Gasteiger partial charge in [-0.15, -0.1) is 0 Å². The van der Waals surface area contributed by atoms with Crippen molar-refractivity contribution in [2.75, 3.05) is 14.1 Å². The second-order valence-electron chi connectivity index (χ2n) is 3.64. The molecule has 90 valence electrons. The Morgan fingerprint density at radius 1 is 1.47 bits per heavy atom. The molecule has 0 aliphatic carbocycles. The molecular weight excluding hydrogens is 224 g/mol. The van der Waals surface area contributed by atoms with E-state index in [1.165, 1.54) is 12.1 Å². The Morgan fingerprint density at radius 3 is 2.47 bits per heavy atom. The second kappa shape index (κ2) is 4.65. The topological polar surface area (TPSA) is 83.7 Å². The van der Waals surface area contributed by atoms with Crippen molar-refractivity contribution in [3.05, 3.63) is 46.0 Å². The van der Waals surface area contributed by atoms with E-state index in [1.807, 2.05) is 0 Å². The summed E-state index contributed by atoms with van der Waals surface area (Å²) in [6.45, 7) is 3.72. The van der Waals surface area contributed by atoms with E-state index in [-0.39, 0.29) is 11.3 Å². The number of aromatic carboxylic acids is 1. The van der Waals surface area contributed by atoms with Gasteiger partial charge < -0.3 is 10.0 Å². The van der Waals surface area contributed by atoms with Crippen molar-refractivity contribution in [2.45, 2.75) is 0 Å². The highest BCUT2D eigenvalue weighted by molar-refractivity contribution is 5.89. The van der Waals surface area contributed by atoms with Crippen molar-refractivity contribution >= 4 is 17.4 Å². The molecule has 6 nitrogen and oxygen atoms in total. The molecule has 0 spiro atoms. The van der Waals surface area contributed by atoms with E-state index in [2.05, 4.69) is 6.58 Å². The molecule has 1 N–H and O–H groups in total. The Morgan fingerprint density at radius 2 is 2.06 bits per heavy atom. The molecule has 0 saturated heterocycles. The number of hydrogen-bond acceptors (Lipinski definition) is 4. The molecule has 1 aromatic rings. The largest absolute Gasteiger partial charge is 0.478 e. The lowest BCUT2D eigenvalue weighted by molar-refractivity contribution is -0.385. The van der Waals surface area contributed by atoms with Gasteiger partial charge in [-0.1, -0.05) is 6.58 Å². The predicted octanol–water partition coefficient (Wildman–Crippen LogP) is 1.83. The molecule has 0 aliphatic rings. The SMILES string of the molecule is C=C(c1ccc(C(=O)O)cc1[N+](=O)[O-])N(C)C. The summed E-state index contributed by atoms with van der Waals surface area (Å²) >= 11 is 0. The van der Waals surface area contributed by atoms with Crippen LogP contribution in [0.15, 0.2) is 24.8 Å². The summed E-state index contributed by atoms with van der Waals surface area (Å²) in [5.74, 6) is -1.20. The van der Waals surface area contributed by atoms with E-state index in [9.17, 15) is 14.9 Å². The molecule has 0 amide bonds. The van der Waals surface area contributed by atoms with E-state index < -0.39 is 10.9 Å². The number of carboxylic acid groups (broad SMARTS) is 1. The zero-order valence-corrected chi connectivity index (χ0v) is 9.51. The maximum Gasteiger partial charge on any atom is 0.335 e. The fourth-order valence-corrected chi connectivity index (χ4v) is 1.30. The minimum Gasteiger partial charge on any atom is -0.478 e. The lowest BCUT2D eigenvalue weighted by Gasteiger charge is -2.15. The maximum absolute atomic E-state index is 10.9. The van der Waals surface area contributed by atoms with Gasteiger partial charge in [0.1, 0.15) is 0 Å². The number of carboxylic acids is 1. The number of hydrogen-bond donors (Lipinski definition) is 1. The van der Waals surface area contributed by atoms with Gasteiger partial charge in [0.15, 0.2) is 0 Å². The highest BCUT2D eigenvalue weighted by atomic mass is 16.6. The van der Waals surface area contributed by atoms with Gasteiger partial charge in [-0.2, -0.15) is 0 Å². The minimum absolute atomic E-state index is 0.119. The van der Waals surface area contributed by atoms with Crippen LogP contribution < -0.4 is 0 Å². The van der Waals surface area contributed by atoms with Gasteiger partial charge in [0, 0.05) is 25.9 Å². The third-order valence-corrected chi connectivity index (χ3v) is 2.29. The van der Waals surface area contributed by atoms with Crippen LogP contribution in [-0.4, -0.2) is 35.0 Å². The van der Waals surface area contributed by atoms with Crippen LogP contribution in [0, 0.1) is 10.1 Å². The molecule has 0 radical (unpaired) electrons. The van der Waals surface area contributed by atoms with E-state index >= 15 is 0 Å². The standard InChI is InChI=1S/C11H12N2O4/c1-7(12(2)3)9-5-4-8(11(14)15)6-10(9)13(16)17/h4-6H,1H2,2-3H3,(H,14,15). The van der Waals surface area contributed by atoms with Gasteiger partial charge in [-0.3, -0.25) is 10.1 Å². The zero-order chi connectivity index (χ0) is 13.2. The fraction of sp³-hybridized carbons (Fsp3) is 0.182. The third kappa shape index (κ3) is 2.60. The minimum atomic E-state index is -1.20. The van der Waals surface area contributed by atoms with Crippen LogP contribution in [0.3, 0.4) is 0 Å². The lowest BCUT2D eigenvalue weighted by atomic mass is 10.1. The van der Waals surface area contributed by atoms with Gasteiger partial charge in [0.05, 0.1) is 16.1 Å². The lowest BCUT2D eigenvalue weighted by Crippen LogP contribution is -2.11. The number of nitro benzene ring substituents is 1. The third-order valence-electron chi connectivity index (χ3n) is 2.29. The normalized spacial score (nSPS) is 9.76. The van der Waals surface area contributed by atoms with Crippen molar-refractivity contribution in [1.82, 2.24) is 4.90 Å². The first-order chi connectivity index (χ1) is 7.84. The van der Waals surface area contributed by atoms with Gasteiger partial charge in [-0.25, -0.2) is 4.79 Å². The molecule has 1 aromatic carbocycles. The molecule has 0 aliphatic heterocycles. The van der Waals surface area contributed by atoms with Crippen LogP contribution in [0.5, 0.6) is 0 Å². The summed E-state index contributed by atoms with van der Waals surface area (Å²) < 4.78 is 0. The van der Waals surface area contributed by atoms with Crippen LogP contribution in [0.1, 0.15) is 15.9 Å². The first-order valence-corrected chi connectivity index (χ1v) is 4.73. The molecule has 0 unspecified atom stereocenters. The van der Waals surface area contributed by atoms with Gasteiger partial charge in [0.25, 0.3) is 5.69 Å². The fourth-order valence-electron chi connectivity index (χ4n) is 1.30. The predicted molar refractivity (Wildman–Crippen MR) is 62.8 cm³/mol. The molecule has 6 heteroatoms. The maximum atomic E-state index is 10.9. The van der Waals surface area contributed by atoms with E-state index in [4.69, 9.17) is 5.11 Å². The smallest absolute Gasteiger partial charge is 0.335 e. The number of carbonyl (C=O) groups is 1. The molecule has 0 heterocycles. The van der Waals surface area contributed by atoms with Crippen LogP contribution >= 0.6 is 0 Å². The molecule has 0 atom stereocenters. The van der Waals surface area contributed by atoms with E-state index in [0.29, 0.717) is 11.3 Å². The first-order valence-electron chi connectivity index (χ1n) is 4.73. The molecule has 0 fully saturated rings. The quantitative estimate of drug-likeness (QED) is 0.636. The Kier molecular flexibility index (Phi) is 3.47. The number of nitro groups is 1. The number of benzene rings is 1. The average Bonchev–Trinajstić information content (AvgIpc) is 2.26. The van der Waals surface area contributed by atoms with Crippen molar-refractivity contribution in [2.24, 2.45) is 0 Å². The summed E-state index contributed by atoms with van der Waals surface area (Å²) in [7, 11) is 3.41. The highest BCUT2D eigenvalue weighted by Crippen LogP contribution is 2.27. The van der Waals surface area contributed by atoms with Crippen molar-refractivity contribution in [3.63, 3.8) is 0 Å². The van der Waals surface area contributed by atoms with Crippen molar-refractivity contribution in [3.8, 4) is 0 Å². The Hall–Kier alpha value is -2.37. The summed E-state index contributed by atoms with van der Waals surface area (Å²) in [6.07, 6.45) is 0. The number of nitrogens with zero attached hydrogens (tertiary/aromatic N) is 2. The molecule has 0 saturated carbocycles. The van der Waals surface area contributed by atoms with Gasteiger partial charge in [0.2, 0.25) is 0 Å². The molecule has 1 rings (SSSR count). The Bertz CT molecular complexity index is 494. The van der Waals surface area contributed by atoms with Crippen molar-refractivity contribution in [1.29, 1.82) is 0 Å². The molecule has 0 bridgehead atoms. The average molecular weight is 236 g/mol. The van der Waals surface area contributed by atoms with Crippen molar-refractivity contribution < 1.29 is 14.8 Å². The van der Waals surface area contributed by atoms with E-state index in [1.54, 1.807) is 19.0 Å². The zero-order valence-electron chi connectivity index (χ0n) is 9.51. The number of rotatable bonds is 4. The van der Waals surface area contributed by atoms with Gasteiger partial charge in [-0.05, 0) is 12.1 Å². The summed E-state index contributed by atoms with van der Waals surface area (Å²) in [5.41, 5.74) is 0.384. The molecule has 17 heavy (non-hydrogen) atoms. The van der Waals surface area contributed by atoms with Crippen LogP contribution in [0.4, 0.5) is 5.69 Å². The summed E-state index contributed by atoms with van der Waals surface area (Å²) in [6, 6.07) is 3.75. The molecular formula is C11H12N2O4. The van der Waals surface area contributed by atoms with Crippen LogP contribution in [0.25, 0.3) is 5.70 Å².